The Hall–Kier alpha value is -0.900. The van der Waals surface area contributed by atoms with E-state index >= 15 is 0 Å². The molecule has 184 valence electrons. The molecule has 0 N–H and O–H groups in total. The number of nitrogens with zero attached hydrogens (tertiary/aromatic N) is 1. The second-order valence-corrected chi connectivity index (χ2v) is 9.95. The Morgan fingerprint density at radius 2 is 0.968 bits per heavy atom. The molecular weight excluding hydrogens is 386 g/mol. The summed E-state index contributed by atoms with van der Waals surface area (Å²) in [5.74, 6) is -1.10. The van der Waals surface area contributed by atoms with Gasteiger partial charge in [0.05, 0.1) is 33.8 Å². The van der Waals surface area contributed by atoms with Gasteiger partial charge >= 0.3 is 5.97 Å². The van der Waals surface area contributed by atoms with E-state index in [-0.39, 0.29) is 6.42 Å². The number of unbranched alkanes of at least 4 members (excludes halogenated alkanes) is 15. The Morgan fingerprint density at radius 1 is 0.581 bits per heavy atom. The van der Waals surface area contributed by atoms with Gasteiger partial charge in [-0.3, -0.25) is 4.79 Å². The summed E-state index contributed by atoms with van der Waals surface area (Å²) in [4.78, 5) is 22.6. The third kappa shape index (κ3) is 20.7. The standard InChI is InChI=1S/C27H54NO3/c1-5-7-8-9-10-11-12-13-14-15-16-17-18-19-20-21-23-28(3,4)24-22-25-31-27(30)26(29)6-2/h5-25H2,1-4H3/q+1. The van der Waals surface area contributed by atoms with Crippen molar-refractivity contribution in [1.82, 2.24) is 0 Å². The van der Waals surface area contributed by atoms with Crippen molar-refractivity contribution in [2.24, 2.45) is 0 Å². The molecule has 0 aliphatic rings. The van der Waals surface area contributed by atoms with Crippen LogP contribution in [0.1, 0.15) is 129 Å². The summed E-state index contributed by atoms with van der Waals surface area (Å²) in [6.07, 6.45) is 23.5. The van der Waals surface area contributed by atoms with Crippen molar-refractivity contribution in [2.45, 2.75) is 129 Å². The third-order valence-electron chi connectivity index (χ3n) is 6.31. The van der Waals surface area contributed by atoms with E-state index in [9.17, 15) is 9.59 Å². The number of quaternary nitrogens is 1. The Bertz CT molecular complexity index is 434. The number of Topliss-reactive ketones (excluding diaryl/α,β-unsaturated/α-hetero) is 1. The Morgan fingerprint density at radius 3 is 1.39 bits per heavy atom. The van der Waals surface area contributed by atoms with Crippen molar-refractivity contribution in [3.8, 4) is 0 Å². The van der Waals surface area contributed by atoms with E-state index in [0.29, 0.717) is 6.61 Å². The van der Waals surface area contributed by atoms with Gasteiger partial charge < -0.3 is 9.22 Å². The van der Waals surface area contributed by atoms with Gasteiger partial charge in [0.1, 0.15) is 0 Å². The van der Waals surface area contributed by atoms with E-state index in [1.807, 2.05) is 0 Å². The lowest BCUT2D eigenvalue weighted by molar-refractivity contribution is -0.890. The van der Waals surface area contributed by atoms with Crippen LogP contribution in [0, 0.1) is 0 Å². The van der Waals surface area contributed by atoms with Gasteiger partial charge in [-0.25, -0.2) is 4.79 Å². The van der Waals surface area contributed by atoms with Gasteiger partial charge in [0.2, 0.25) is 5.78 Å². The molecule has 0 aromatic carbocycles. The Kier molecular flexibility index (Phi) is 20.4. The molecule has 0 amide bonds. The van der Waals surface area contributed by atoms with E-state index in [0.717, 1.165) is 17.4 Å². The number of ether oxygens (including phenoxy) is 1. The fraction of sp³-hybridized carbons (Fsp3) is 0.926. The molecule has 0 spiro atoms. The molecule has 0 bridgehead atoms. The molecule has 0 atom stereocenters. The average Bonchev–Trinajstić information content (AvgIpc) is 2.75. The first-order chi connectivity index (χ1) is 14.9. The highest BCUT2D eigenvalue weighted by Gasteiger charge is 2.16. The number of hydrogen-bond acceptors (Lipinski definition) is 3. The molecule has 0 saturated carbocycles. The first kappa shape index (κ1) is 30.1. The highest BCUT2D eigenvalue weighted by Crippen LogP contribution is 2.14. The fourth-order valence-electron chi connectivity index (χ4n) is 4.08. The molecule has 0 radical (unpaired) electrons. The fourth-order valence-corrected chi connectivity index (χ4v) is 4.08. The predicted molar refractivity (Wildman–Crippen MR) is 132 cm³/mol. The van der Waals surface area contributed by atoms with Gasteiger partial charge in [-0.1, -0.05) is 104 Å². The third-order valence-corrected chi connectivity index (χ3v) is 6.31. The summed E-state index contributed by atoms with van der Waals surface area (Å²) in [5.41, 5.74) is 0. The van der Waals surface area contributed by atoms with Crippen molar-refractivity contribution >= 4 is 11.8 Å². The van der Waals surface area contributed by atoms with Gasteiger partial charge in [-0.05, 0) is 12.8 Å². The smallest absolute Gasteiger partial charge is 0.374 e. The summed E-state index contributed by atoms with van der Waals surface area (Å²) < 4.78 is 5.98. The SMILES string of the molecule is CCCCCCCCCCCCCCCCCC[N+](C)(C)CCCOC(=O)C(=O)CC. The van der Waals surface area contributed by atoms with Crippen LogP contribution in [0.5, 0.6) is 0 Å². The van der Waals surface area contributed by atoms with Gasteiger partial charge in [-0.15, -0.1) is 0 Å². The van der Waals surface area contributed by atoms with E-state index in [2.05, 4.69) is 21.0 Å². The minimum Gasteiger partial charge on any atom is -0.460 e. The lowest BCUT2D eigenvalue weighted by Crippen LogP contribution is -2.41. The summed E-state index contributed by atoms with van der Waals surface area (Å²) in [6.45, 7) is 6.46. The quantitative estimate of drug-likeness (QED) is 0.0728. The van der Waals surface area contributed by atoms with Gasteiger partial charge in [-0.2, -0.15) is 0 Å². The highest BCUT2D eigenvalue weighted by atomic mass is 16.5. The van der Waals surface area contributed by atoms with E-state index in [4.69, 9.17) is 4.74 Å². The van der Waals surface area contributed by atoms with Crippen molar-refractivity contribution in [2.75, 3.05) is 33.8 Å². The molecule has 0 saturated heterocycles. The van der Waals surface area contributed by atoms with Gasteiger partial charge in [0, 0.05) is 12.8 Å². The molecule has 31 heavy (non-hydrogen) atoms. The molecule has 0 heterocycles. The van der Waals surface area contributed by atoms with Crippen LogP contribution in [-0.2, 0) is 14.3 Å². The number of rotatable bonds is 23. The molecule has 0 rings (SSSR count). The molecular formula is C27H54NO3+. The van der Waals surface area contributed by atoms with Crippen LogP contribution in [0.15, 0.2) is 0 Å². The summed E-state index contributed by atoms with van der Waals surface area (Å²) in [7, 11) is 4.48. The van der Waals surface area contributed by atoms with E-state index < -0.39 is 11.8 Å². The zero-order valence-corrected chi connectivity index (χ0v) is 21.5. The lowest BCUT2D eigenvalue weighted by atomic mass is 10.0. The maximum absolute atomic E-state index is 11.4. The lowest BCUT2D eigenvalue weighted by Gasteiger charge is -2.29. The van der Waals surface area contributed by atoms with Crippen molar-refractivity contribution in [3.63, 3.8) is 0 Å². The largest absolute Gasteiger partial charge is 0.460 e. The summed E-state index contributed by atoms with van der Waals surface area (Å²) in [5, 5.41) is 0. The monoisotopic (exact) mass is 440 g/mol. The van der Waals surface area contributed by atoms with Crippen LogP contribution >= 0.6 is 0 Å². The first-order valence-electron chi connectivity index (χ1n) is 13.4. The zero-order chi connectivity index (χ0) is 23.2. The van der Waals surface area contributed by atoms with E-state index in [1.54, 1.807) is 6.92 Å². The molecule has 0 aromatic heterocycles. The summed E-state index contributed by atoms with van der Waals surface area (Å²) >= 11 is 0. The molecule has 0 aliphatic carbocycles. The normalized spacial score (nSPS) is 11.6. The average molecular weight is 441 g/mol. The maximum Gasteiger partial charge on any atom is 0.374 e. The van der Waals surface area contributed by atoms with Crippen LogP contribution < -0.4 is 0 Å². The molecule has 0 aliphatic heterocycles. The van der Waals surface area contributed by atoms with Crippen molar-refractivity contribution in [1.29, 1.82) is 0 Å². The predicted octanol–water partition coefficient (Wildman–Crippen LogP) is 7.24. The number of ketones is 1. The van der Waals surface area contributed by atoms with Crippen LogP contribution in [0.4, 0.5) is 0 Å². The topological polar surface area (TPSA) is 43.4 Å². The first-order valence-corrected chi connectivity index (χ1v) is 13.4. The van der Waals surface area contributed by atoms with Crippen LogP contribution in [0.2, 0.25) is 0 Å². The molecule has 0 unspecified atom stereocenters. The van der Waals surface area contributed by atoms with Gasteiger partial charge in [0.15, 0.2) is 0 Å². The number of carbonyl (C=O) groups is 2. The van der Waals surface area contributed by atoms with Crippen molar-refractivity contribution < 1.29 is 18.8 Å². The number of carbonyl (C=O) groups excluding carboxylic acids is 2. The summed E-state index contributed by atoms with van der Waals surface area (Å²) in [6, 6.07) is 0. The Balaban J connectivity index is 3.38. The molecule has 0 aromatic rings. The highest BCUT2D eigenvalue weighted by molar-refractivity contribution is 6.33. The molecule has 4 nitrogen and oxygen atoms in total. The molecule has 4 heteroatoms. The van der Waals surface area contributed by atoms with E-state index in [1.165, 1.54) is 109 Å². The molecule has 0 fully saturated rings. The second kappa shape index (κ2) is 21.0. The number of esters is 1. The van der Waals surface area contributed by atoms with Crippen LogP contribution in [0.3, 0.4) is 0 Å². The van der Waals surface area contributed by atoms with Gasteiger partial charge in [0.25, 0.3) is 0 Å². The van der Waals surface area contributed by atoms with Crippen LogP contribution in [0.25, 0.3) is 0 Å². The zero-order valence-electron chi connectivity index (χ0n) is 21.5. The Labute approximate surface area is 194 Å². The van der Waals surface area contributed by atoms with Crippen molar-refractivity contribution in [3.05, 3.63) is 0 Å². The van der Waals surface area contributed by atoms with Crippen LogP contribution in [-0.4, -0.2) is 50.0 Å². The minimum atomic E-state index is -0.675. The number of hydrogen-bond donors (Lipinski definition) is 0. The maximum atomic E-state index is 11.4. The minimum absolute atomic E-state index is 0.222. The second-order valence-electron chi connectivity index (χ2n) is 9.95.